The molecule has 3 rings (SSSR count). The van der Waals surface area contributed by atoms with Crippen molar-refractivity contribution in [3.05, 3.63) is 23.5 Å². The van der Waals surface area contributed by atoms with Gasteiger partial charge in [-0.15, -0.1) is 0 Å². The largest absolute Gasteiger partial charge is 0.378 e. The zero-order valence-corrected chi connectivity index (χ0v) is 10.4. The molecule has 2 heterocycles. The molecule has 1 aromatic rings. The maximum atomic E-state index is 13.6. The molecule has 1 saturated heterocycles. The van der Waals surface area contributed by atoms with Gasteiger partial charge in [-0.25, -0.2) is 4.39 Å². The number of hydrogen-bond acceptors (Lipinski definition) is 3. The Labute approximate surface area is 105 Å². The van der Waals surface area contributed by atoms with Crippen LogP contribution in [-0.4, -0.2) is 32.2 Å². The van der Waals surface area contributed by atoms with Gasteiger partial charge in [-0.1, -0.05) is 0 Å². The minimum Gasteiger partial charge on any atom is -0.378 e. The third-order valence-corrected chi connectivity index (χ3v) is 3.80. The Bertz CT molecular complexity index is 518. The van der Waals surface area contributed by atoms with E-state index in [1.165, 1.54) is 6.07 Å². The van der Waals surface area contributed by atoms with Gasteiger partial charge in [0.25, 0.3) is 0 Å². The molecule has 2 unspecified atom stereocenters. The number of ether oxygens (including phenoxy) is 1. The van der Waals surface area contributed by atoms with Crippen molar-refractivity contribution < 1.29 is 13.9 Å². The van der Waals surface area contributed by atoms with Gasteiger partial charge in [0, 0.05) is 7.05 Å². The summed E-state index contributed by atoms with van der Waals surface area (Å²) in [7, 11) is 1.92. The average molecular weight is 250 g/mol. The molecular weight excluding hydrogens is 235 g/mol. The summed E-state index contributed by atoms with van der Waals surface area (Å²) in [4.78, 5) is 14.1. The maximum Gasteiger partial charge on any atom is 0.232 e. The molecule has 1 fully saturated rings. The first-order chi connectivity index (χ1) is 8.58. The topological polar surface area (TPSA) is 41.6 Å². The van der Waals surface area contributed by atoms with Gasteiger partial charge >= 0.3 is 0 Å². The molecule has 1 aromatic carbocycles. The summed E-state index contributed by atoms with van der Waals surface area (Å²) < 4.78 is 19.0. The number of carbonyl (C=O) groups excluding carboxylic acids is 1. The first-order valence-electron chi connectivity index (χ1n) is 5.99. The Morgan fingerprint density at radius 3 is 3.00 bits per heavy atom. The summed E-state index contributed by atoms with van der Waals surface area (Å²) in [5.74, 6) is -0.581. The fourth-order valence-corrected chi connectivity index (χ4v) is 2.64. The van der Waals surface area contributed by atoms with Crippen LogP contribution >= 0.6 is 0 Å². The number of likely N-dealkylation sites (N-methyl/N-ethyl adjacent to an activating group) is 1. The molecule has 0 aliphatic carbocycles. The van der Waals surface area contributed by atoms with Crippen LogP contribution in [0.15, 0.2) is 12.1 Å². The minimum atomic E-state index is -0.300. The summed E-state index contributed by atoms with van der Waals surface area (Å²) in [6, 6.07) is 3.18. The highest BCUT2D eigenvalue weighted by molar-refractivity contribution is 5.98. The van der Waals surface area contributed by atoms with Crippen LogP contribution in [-0.2, 0) is 9.53 Å². The zero-order chi connectivity index (χ0) is 12.9. The molecule has 2 atom stereocenters. The first-order valence-corrected chi connectivity index (χ1v) is 5.99. The molecule has 96 valence electrons. The van der Waals surface area contributed by atoms with E-state index in [9.17, 15) is 9.18 Å². The molecule has 1 N–H and O–H groups in total. The number of fused-ring (bicyclic) bond motifs is 2. The van der Waals surface area contributed by atoms with E-state index < -0.39 is 0 Å². The summed E-state index contributed by atoms with van der Waals surface area (Å²) in [5.41, 5.74) is 1.97. The molecule has 0 aromatic heterocycles. The molecule has 0 saturated carbocycles. The lowest BCUT2D eigenvalue weighted by Gasteiger charge is -2.27. The summed E-state index contributed by atoms with van der Waals surface area (Å²) in [6.45, 7) is 2.68. The highest BCUT2D eigenvalue weighted by Crippen LogP contribution is 2.36. The minimum absolute atomic E-state index is 0.0242. The molecule has 1 amide bonds. The van der Waals surface area contributed by atoms with Gasteiger partial charge < -0.3 is 15.0 Å². The van der Waals surface area contributed by atoms with Gasteiger partial charge in [0.05, 0.1) is 36.5 Å². The number of rotatable bonds is 0. The fraction of sp³-hybridized carbons (Fsp3) is 0.462. The number of amides is 1. The lowest BCUT2D eigenvalue weighted by molar-refractivity contribution is -0.120. The van der Waals surface area contributed by atoms with Gasteiger partial charge in [0.2, 0.25) is 5.91 Å². The number of aryl methyl sites for hydroxylation is 1. The molecule has 4 nitrogen and oxygen atoms in total. The second kappa shape index (κ2) is 3.95. The predicted octanol–water partition coefficient (Wildman–Crippen LogP) is 1.54. The number of anilines is 2. The van der Waals surface area contributed by atoms with Gasteiger partial charge in [-0.2, -0.15) is 0 Å². The van der Waals surface area contributed by atoms with E-state index in [-0.39, 0.29) is 23.7 Å². The number of nitrogens with zero attached hydrogens (tertiary/aromatic N) is 1. The number of hydrogen-bond donors (Lipinski definition) is 1. The van der Waals surface area contributed by atoms with Crippen molar-refractivity contribution >= 4 is 17.3 Å². The second-order valence-corrected chi connectivity index (χ2v) is 4.93. The monoisotopic (exact) mass is 250 g/mol. The molecule has 0 bridgehead atoms. The quantitative estimate of drug-likeness (QED) is 0.759. The van der Waals surface area contributed by atoms with Crippen LogP contribution in [0, 0.1) is 18.7 Å². The smallest absolute Gasteiger partial charge is 0.232 e. The normalized spacial score (nSPS) is 26.4. The Hall–Kier alpha value is -1.62. The highest BCUT2D eigenvalue weighted by atomic mass is 19.1. The van der Waals surface area contributed by atoms with Gasteiger partial charge in [-0.05, 0) is 24.6 Å². The van der Waals surface area contributed by atoms with Gasteiger partial charge in [0.1, 0.15) is 5.82 Å². The van der Waals surface area contributed by atoms with Crippen molar-refractivity contribution in [2.45, 2.75) is 13.0 Å². The lowest BCUT2D eigenvalue weighted by Crippen LogP contribution is -2.40. The summed E-state index contributed by atoms with van der Waals surface area (Å²) >= 11 is 0. The zero-order valence-electron chi connectivity index (χ0n) is 10.4. The third kappa shape index (κ3) is 1.58. The van der Waals surface area contributed by atoms with Crippen LogP contribution < -0.4 is 10.2 Å². The van der Waals surface area contributed by atoms with Crippen LogP contribution in [0.4, 0.5) is 15.8 Å². The van der Waals surface area contributed by atoms with Crippen molar-refractivity contribution in [3.63, 3.8) is 0 Å². The molecule has 0 spiro atoms. The fourth-order valence-electron chi connectivity index (χ4n) is 2.64. The Morgan fingerprint density at radius 1 is 1.44 bits per heavy atom. The Morgan fingerprint density at radius 2 is 2.22 bits per heavy atom. The molecule has 5 heteroatoms. The van der Waals surface area contributed by atoms with Crippen LogP contribution in [0.3, 0.4) is 0 Å². The predicted molar refractivity (Wildman–Crippen MR) is 66.3 cm³/mol. The summed E-state index contributed by atoms with van der Waals surface area (Å²) in [6.07, 6.45) is 0. The SMILES string of the molecule is Cc1cc2c(cc1F)NC(=O)C1COCC1N2C. The van der Waals surface area contributed by atoms with Crippen molar-refractivity contribution in [2.75, 3.05) is 30.5 Å². The lowest BCUT2D eigenvalue weighted by atomic mass is 10.0. The van der Waals surface area contributed by atoms with E-state index in [0.29, 0.717) is 24.5 Å². The molecule has 0 radical (unpaired) electrons. The van der Waals surface area contributed by atoms with E-state index in [0.717, 1.165) is 5.69 Å². The van der Waals surface area contributed by atoms with E-state index >= 15 is 0 Å². The second-order valence-electron chi connectivity index (χ2n) is 4.93. The number of carbonyl (C=O) groups is 1. The first kappa shape index (κ1) is 11.5. The number of benzene rings is 1. The van der Waals surface area contributed by atoms with E-state index in [1.54, 1.807) is 13.0 Å². The molecule has 2 aliphatic heterocycles. The third-order valence-electron chi connectivity index (χ3n) is 3.80. The van der Waals surface area contributed by atoms with Crippen LogP contribution in [0.25, 0.3) is 0 Å². The van der Waals surface area contributed by atoms with Crippen LogP contribution in [0.1, 0.15) is 5.56 Å². The standard InChI is InChI=1S/C13H15FN2O2/c1-7-3-11-10(4-9(7)14)15-13(17)8-5-18-6-12(8)16(11)2/h3-4,8,12H,5-6H2,1-2H3,(H,15,17). The van der Waals surface area contributed by atoms with E-state index in [2.05, 4.69) is 5.32 Å². The van der Waals surface area contributed by atoms with Crippen molar-refractivity contribution in [1.29, 1.82) is 0 Å². The van der Waals surface area contributed by atoms with E-state index in [1.807, 2.05) is 11.9 Å². The number of nitrogens with one attached hydrogen (secondary N) is 1. The Kier molecular flexibility index (Phi) is 2.52. The van der Waals surface area contributed by atoms with Crippen molar-refractivity contribution in [1.82, 2.24) is 0 Å². The molecule has 18 heavy (non-hydrogen) atoms. The van der Waals surface area contributed by atoms with Crippen molar-refractivity contribution in [3.8, 4) is 0 Å². The Balaban J connectivity index is 2.11. The highest BCUT2D eigenvalue weighted by Gasteiger charge is 2.40. The molecule has 2 aliphatic rings. The number of halogens is 1. The maximum absolute atomic E-state index is 13.6. The average Bonchev–Trinajstić information content (AvgIpc) is 2.78. The van der Waals surface area contributed by atoms with E-state index in [4.69, 9.17) is 4.74 Å². The summed E-state index contributed by atoms with van der Waals surface area (Å²) in [5, 5.41) is 2.79. The van der Waals surface area contributed by atoms with Crippen LogP contribution in [0.2, 0.25) is 0 Å². The van der Waals surface area contributed by atoms with Crippen molar-refractivity contribution in [2.24, 2.45) is 5.92 Å². The van der Waals surface area contributed by atoms with Gasteiger partial charge in [-0.3, -0.25) is 4.79 Å². The van der Waals surface area contributed by atoms with Gasteiger partial charge in [0.15, 0.2) is 0 Å². The molecular formula is C13H15FN2O2. The van der Waals surface area contributed by atoms with Crippen LogP contribution in [0.5, 0.6) is 0 Å².